The lowest BCUT2D eigenvalue weighted by Gasteiger charge is -2.25. The number of rotatable bonds is 6. The van der Waals surface area contributed by atoms with Gasteiger partial charge in [-0.25, -0.2) is 4.68 Å². The van der Waals surface area contributed by atoms with Gasteiger partial charge in [-0.3, -0.25) is 4.79 Å². The monoisotopic (exact) mass is 435 g/mol. The molecule has 0 fully saturated rings. The van der Waals surface area contributed by atoms with Crippen molar-refractivity contribution in [3.8, 4) is 22.7 Å². The van der Waals surface area contributed by atoms with Gasteiger partial charge in [0.1, 0.15) is 18.2 Å². The molecule has 0 saturated heterocycles. The maximum atomic E-state index is 12.8. The smallest absolute Gasteiger partial charge is 0.226 e. The van der Waals surface area contributed by atoms with Crippen molar-refractivity contribution in [3.63, 3.8) is 0 Å². The summed E-state index contributed by atoms with van der Waals surface area (Å²) in [5.74, 6) is 1.37. The van der Waals surface area contributed by atoms with Gasteiger partial charge in [-0.2, -0.15) is 5.10 Å². The maximum Gasteiger partial charge on any atom is 0.226 e. The van der Waals surface area contributed by atoms with Crippen LogP contribution in [0, 0.1) is 6.92 Å². The lowest BCUT2D eigenvalue weighted by molar-refractivity contribution is -0.116. The first-order chi connectivity index (χ1) is 16.1. The minimum atomic E-state index is -0.114. The average Bonchev–Trinajstić information content (AvgIpc) is 3.23. The summed E-state index contributed by atoms with van der Waals surface area (Å²) in [6.45, 7) is 6.20. The molecule has 4 aromatic rings. The molecule has 1 N–H and O–H groups in total. The van der Waals surface area contributed by atoms with E-state index in [0.29, 0.717) is 13.0 Å². The number of hydrogen-bond donors (Lipinski definition) is 1. The number of anilines is 1. The molecule has 1 aliphatic heterocycles. The number of carbonyl (C=O) groups excluding carboxylic acids is 1. The van der Waals surface area contributed by atoms with Crippen molar-refractivity contribution in [2.45, 2.75) is 19.3 Å². The number of carbonyl (C=O) groups is 1. The number of fused-ring (bicyclic) bond motifs is 1. The van der Waals surface area contributed by atoms with E-state index in [1.807, 2.05) is 59.3 Å². The van der Waals surface area contributed by atoms with E-state index in [9.17, 15) is 4.79 Å². The normalized spacial score (nSPS) is 14.9. The zero-order chi connectivity index (χ0) is 22.8. The molecule has 0 saturated carbocycles. The summed E-state index contributed by atoms with van der Waals surface area (Å²) >= 11 is 0. The SMILES string of the molecule is C=CCOc1ccc(C2CC(=O)Nc3c2c(-c2ccccc2)nn3-c2ccc(C)cc2)cc1. The molecule has 1 aromatic heterocycles. The zero-order valence-corrected chi connectivity index (χ0v) is 18.5. The van der Waals surface area contributed by atoms with E-state index >= 15 is 0 Å². The third-order valence-electron chi connectivity index (χ3n) is 5.89. The first-order valence-electron chi connectivity index (χ1n) is 11.0. The summed E-state index contributed by atoms with van der Waals surface area (Å²) in [4.78, 5) is 12.8. The molecule has 1 amide bonds. The highest BCUT2D eigenvalue weighted by Gasteiger charge is 2.34. The van der Waals surface area contributed by atoms with Crippen LogP contribution >= 0.6 is 0 Å². The first-order valence-corrected chi connectivity index (χ1v) is 11.0. The van der Waals surface area contributed by atoms with Crippen LogP contribution in [0.25, 0.3) is 16.9 Å². The number of aromatic nitrogens is 2. The van der Waals surface area contributed by atoms with Crippen molar-refractivity contribution < 1.29 is 9.53 Å². The van der Waals surface area contributed by atoms with Crippen LogP contribution in [0.4, 0.5) is 5.82 Å². The quantitative estimate of drug-likeness (QED) is 0.385. The summed E-state index contributed by atoms with van der Waals surface area (Å²) in [5.41, 5.74) is 6.06. The van der Waals surface area contributed by atoms with Crippen molar-refractivity contribution >= 4 is 11.7 Å². The largest absolute Gasteiger partial charge is 0.490 e. The van der Waals surface area contributed by atoms with E-state index < -0.39 is 0 Å². The Kier molecular flexibility index (Phi) is 5.53. The van der Waals surface area contributed by atoms with Crippen LogP contribution in [0.1, 0.15) is 29.0 Å². The fourth-order valence-corrected chi connectivity index (χ4v) is 4.27. The molecule has 33 heavy (non-hydrogen) atoms. The molecule has 5 rings (SSSR count). The second-order valence-corrected chi connectivity index (χ2v) is 8.20. The van der Waals surface area contributed by atoms with Crippen LogP contribution in [0.15, 0.2) is 91.5 Å². The topological polar surface area (TPSA) is 56.1 Å². The van der Waals surface area contributed by atoms with Crippen LogP contribution in [-0.2, 0) is 4.79 Å². The molecule has 1 unspecified atom stereocenters. The molecule has 1 aliphatic rings. The second kappa shape index (κ2) is 8.79. The Hall–Kier alpha value is -4.12. The van der Waals surface area contributed by atoms with E-state index in [0.717, 1.165) is 39.6 Å². The molecular formula is C28H25N3O2. The first kappa shape index (κ1) is 20.8. The molecule has 0 aliphatic carbocycles. The lowest BCUT2D eigenvalue weighted by Crippen LogP contribution is -2.24. The fourth-order valence-electron chi connectivity index (χ4n) is 4.27. The molecule has 1 atom stereocenters. The summed E-state index contributed by atoms with van der Waals surface area (Å²) < 4.78 is 7.49. The summed E-state index contributed by atoms with van der Waals surface area (Å²) in [7, 11) is 0. The zero-order valence-electron chi connectivity index (χ0n) is 18.5. The maximum absolute atomic E-state index is 12.8. The Bertz CT molecular complexity index is 1290. The van der Waals surface area contributed by atoms with Gasteiger partial charge in [0, 0.05) is 23.5 Å². The van der Waals surface area contributed by atoms with Gasteiger partial charge in [-0.05, 0) is 36.8 Å². The Morgan fingerprint density at radius 3 is 2.48 bits per heavy atom. The van der Waals surface area contributed by atoms with E-state index in [1.54, 1.807) is 6.08 Å². The van der Waals surface area contributed by atoms with E-state index in [1.165, 1.54) is 5.56 Å². The Morgan fingerprint density at radius 2 is 1.79 bits per heavy atom. The number of amides is 1. The van der Waals surface area contributed by atoms with Crippen molar-refractivity contribution in [2.24, 2.45) is 0 Å². The van der Waals surface area contributed by atoms with Gasteiger partial charge in [-0.15, -0.1) is 0 Å². The Balaban J connectivity index is 1.66. The van der Waals surface area contributed by atoms with Crippen LogP contribution in [0.5, 0.6) is 5.75 Å². The molecule has 0 bridgehead atoms. The van der Waals surface area contributed by atoms with E-state index in [-0.39, 0.29) is 11.8 Å². The highest BCUT2D eigenvalue weighted by atomic mass is 16.5. The Labute approximate surface area is 193 Å². The third kappa shape index (κ3) is 4.05. The number of benzene rings is 3. The minimum Gasteiger partial charge on any atom is -0.490 e. The summed E-state index contributed by atoms with van der Waals surface area (Å²) in [5, 5.41) is 8.09. The van der Waals surface area contributed by atoms with Crippen LogP contribution in [0.3, 0.4) is 0 Å². The van der Waals surface area contributed by atoms with Crippen LogP contribution in [0.2, 0.25) is 0 Å². The van der Waals surface area contributed by atoms with E-state index in [4.69, 9.17) is 9.84 Å². The molecule has 164 valence electrons. The summed E-state index contributed by atoms with van der Waals surface area (Å²) in [6, 6.07) is 26.2. The fraction of sp³-hybridized carbons (Fsp3) is 0.143. The van der Waals surface area contributed by atoms with Crippen molar-refractivity contribution in [2.75, 3.05) is 11.9 Å². The number of hydrogen-bond acceptors (Lipinski definition) is 3. The van der Waals surface area contributed by atoms with Gasteiger partial charge < -0.3 is 10.1 Å². The Morgan fingerprint density at radius 1 is 1.06 bits per heavy atom. The van der Waals surface area contributed by atoms with Crippen LogP contribution in [-0.4, -0.2) is 22.3 Å². The van der Waals surface area contributed by atoms with Crippen molar-refractivity contribution in [3.05, 3.63) is 108 Å². The van der Waals surface area contributed by atoms with Gasteiger partial charge >= 0.3 is 0 Å². The average molecular weight is 436 g/mol. The molecule has 5 nitrogen and oxygen atoms in total. The molecule has 5 heteroatoms. The van der Waals surface area contributed by atoms with Gasteiger partial charge in [0.25, 0.3) is 0 Å². The molecule has 0 radical (unpaired) electrons. The van der Waals surface area contributed by atoms with Gasteiger partial charge in [0.15, 0.2) is 0 Å². The van der Waals surface area contributed by atoms with Gasteiger partial charge in [-0.1, -0.05) is 72.8 Å². The second-order valence-electron chi connectivity index (χ2n) is 8.20. The molecule has 2 heterocycles. The number of aryl methyl sites for hydroxylation is 1. The summed E-state index contributed by atoms with van der Waals surface area (Å²) in [6.07, 6.45) is 2.08. The predicted molar refractivity (Wildman–Crippen MR) is 131 cm³/mol. The molecule has 0 spiro atoms. The van der Waals surface area contributed by atoms with Gasteiger partial charge in [0.05, 0.1) is 11.4 Å². The van der Waals surface area contributed by atoms with Gasteiger partial charge in [0.2, 0.25) is 5.91 Å². The standard InChI is InChI=1S/C28H25N3O2/c1-3-17-33-23-15-11-20(12-16-23)24-18-25(32)29-28-26(24)27(21-7-5-4-6-8-21)30-31(28)22-13-9-19(2)10-14-22/h3-16,24H,1,17-18H2,2H3,(H,29,32). The van der Waals surface area contributed by atoms with Crippen LogP contribution < -0.4 is 10.1 Å². The molecular weight excluding hydrogens is 410 g/mol. The highest BCUT2D eigenvalue weighted by molar-refractivity contribution is 5.96. The number of ether oxygens (including phenoxy) is 1. The van der Waals surface area contributed by atoms with Crippen molar-refractivity contribution in [1.82, 2.24) is 9.78 Å². The predicted octanol–water partition coefficient (Wildman–Crippen LogP) is 5.89. The third-order valence-corrected chi connectivity index (χ3v) is 5.89. The highest BCUT2D eigenvalue weighted by Crippen LogP contribution is 2.44. The molecule has 3 aromatic carbocycles. The number of nitrogens with one attached hydrogen (secondary N) is 1. The van der Waals surface area contributed by atoms with E-state index in [2.05, 4.69) is 43.1 Å². The van der Waals surface area contributed by atoms with Crippen molar-refractivity contribution in [1.29, 1.82) is 0 Å². The number of nitrogens with zero attached hydrogens (tertiary/aromatic N) is 2. The lowest BCUT2D eigenvalue weighted by atomic mass is 9.84. The minimum absolute atomic E-state index is 0.0210.